The van der Waals surface area contributed by atoms with Gasteiger partial charge in [0.2, 0.25) is 5.91 Å². The van der Waals surface area contributed by atoms with Gasteiger partial charge >= 0.3 is 5.97 Å². The minimum Gasteiger partial charge on any atom is -0.480 e. The molecule has 0 saturated heterocycles. The molecule has 124 valence electrons. The summed E-state index contributed by atoms with van der Waals surface area (Å²) >= 11 is 0. The van der Waals surface area contributed by atoms with Crippen molar-refractivity contribution in [3.05, 3.63) is 41.5 Å². The number of carboxylic acids is 1. The molecule has 0 heterocycles. The monoisotopic (exact) mass is 318 g/mol. The first kappa shape index (κ1) is 18.4. The van der Waals surface area contributed by atoms with Crippen LogP contribution in [-0.2, 0) is 9.59 Å². The van der Waals surface area contributed by atoms with E-state index in [1.165, 1.54) is 0 Å². The summed E-state index contributed by atoms with van der Waals surface area (Å²) in [5.74, 6) is -1.39. The number of rotatable bonds is 8. The largest absolute Gasteiger partial charge is 0.480 e. The minimum absolute atomic E-state index is 0.107. The highest BCUT2D eigenvalue weighted by Gasteiger charge is 2.07. The molecule has 6 nitrogen and oxygen atoms in total. The Balaban J connectivity index is 2.50. The van der Waals surface area contributed by atoms with Gasteiger partial charge in [-0.3, -0.25) is 14.4 Å². The van der Waals surface area contributed by atoms with E-state index in [0.717, 1.165) is 18.4 Å². The lowest BCUT2D eigenvalue weighted by molar-refractivity contribution is -0.135. The Morgan fingerprint density at radius 1 is 1.26 bits per heavy atom. The third-order valence-electron chi connectivity index (χ3n) is 3.12. The first-order chi connectivity index (χ1) is 10.9. The van der Waals surface area contributed by atoms with Gasteiger partial charge in [-0.25, -0.2) is 0 Å². The molecular weight excluding hydrogens is 296 g/mol. The molecule has 1 rings (SSSR count). The van der Waals surface area contributed by atoms with Crippen molar-refractivity contribution < 1.29 is 19.5 Å². The van der Waals surface area contributed by atoms with E-state index in [0.29, 0.717) is 12.0 Å². The van der Waals surface area contributed by atoms with E-state index >= 15 is 0 Å². The Morgan fingerprint density at radius 2 is 2.00 bits per heavy atom. The average Bonchev–Trinajstić information content (AvgIpc) is 2.52. The van der Waals surface area contributed by atoms with E-state index in [9.17, 15) is 14.4 Å². The van der Waals surface area contributed by atoms with Gasteiger partial charge in [-0.1, -0.05) is 24.3 Å². The smallest absolute Gasteiger partial charge is 0.322 e. The number of amides is 2. The normalized spacial score (nSPS) is 10.5. The van der Waals surface area contributed by atoms with Crippen LogP contribution >= 0.6 is 0 Å². The first-order valence-corrected chi connectivity index (χ1v) is 7.37. The van der Waals surface area contributed by atoms with Crippen LogP contribution in [0.3, 0.4) is 0 Å². The number of carbonyl (C=O) groups excluding carboxylic acids is 2. The van der Waals surface area contributed by atoms with Gasteiger partial charge in [-0.2, -0.15) is 0 Å². The number of hydrogen-bond donors (Lipinski definition) is 2. The van der Waals surface area contributed by atoms with E-state index in [-0.39, 0.29) is 5.91 Å². The van der Waals surface area contributed by atoms with Crippen molar-refractivity contribution in [3.8, 4) is 0 Å². The van der Waals surface area contributed by atoms with Crippen molar-refractivity contribution in [1.82, 2.24) is 10.2 Å². The van der Waals surface area contributed by atoms with Crippen LogP contribution < -0.4 is 5.32 Å². The average molecular weight is 318 g/mol. The molecular formula is C17H22N2O4. The summed E-state index contributed by atoms with van der Waals surface area (Å²) in [7, 11) is 3.47. The number of aliphatic carboxylic acids is 1. The highest BCUT2D eigenvalue weighted by atomic mass is 16.4. The molecule has 0 saturated carbocycles. The van der Waals surface area contributed by atoms with Crippen LogP contribution in [0.1, 0.15) is 35.2 Å². The van der Waals surface area contributed by atoms with E-state index < -0.39 is 18.4 Å². The van der Waals surface area contributed by atoms with Gasteiger partial charge < -0.3 is 15.3 Å². The van der Waals surface area contributed by atoms with Crippen LogP contribution in [-0.4, -0.2) is 48.4 Å². The lowest BCUT2D eigenvalue weighted by Gasteiger charge is -2.08. The minimum atomic E-state index is -1.08. The molecule has 0 spiro atoms. The second-order valence-electron chi connectivity index (χ2n) is 5.28. The van der Waals surface area contributed by atoms with Crippen molar-refractivity contribution in [1.29, 1.82) is 0 Å². The molecule has 0 aromatic heterocycles. The van der Waals surface area contributed by atoms with Gasteiger partial charge in [-0.05, 0) is 30.5 Å². The third-order valence-corrected chi connectivity index (χ3v) is 3.12. The van der Waals surface area contributed by atoms with Gasteiger partial charge in [0, 0.05) is 26.1 Å². The SMILES string of the molecule is CN(C)C(=O)CCC/C=C\c1cccc(C(=O)NCC(=O)O)c1. The molecule has 0 atom stereocenters. The maximum Gasteiger partial charge on any atom is 0.322 e. The fourth-order valence-electron chi connectivity index (χ4n) is 1.86. The molecule has 1 aromatic rings. The summed E-state index contributed by atoms with van der Waals surface area (Å²) < 4.78 is 0. The van der Waals surface area contributed by atoms with Crippen molar-refractivity contribution in [3.63, 3.8) is 0 Å². The third kappa shape index (κ3) is 7.26. The molecule has 2 N–H and O–H groups in total. The fraction of sp³-hybridized carbons (Fsp3) is 0.353. The summed E-state index contributed by atoms with van der Waals surface area (Å²) in [4.78, 5) is 35.2. The van der Waals surface area contributed by atoms with Gasteiger partial charge in [0.05, 0.1) is 0 Å². The zero-order valence-corrected chi connectivity index (χ0v) is 13.4. The van der Waals surface area contributed by atoms with E-state index in [4.69, 9.17) is 5.11 Å². The van der Waals surface area contributed by atoms with Crippen molar-refractivity contribution in [2.75, 3.05) is 20.6 Å². The molecule has 0 bridgehead atoms. The summed E-state index contributed by atoms with van der Waals surface area (Å²) in [6.45, 7) is -0.404. The molecule has 2 amide bonds. The van der Waals surface area contributed by atoms with Gasteiger partial charge in [0.1, 0.15) is 6.54 Å². The Morgan fingerprint density at radius 3 is 2.65 bits per heavy atom. The van der Waals surface area contributed by atoms with Crippen LogP contribution in [0.4, 0.5) is 0 Å². The lowest BCUT2D eigenvalue weighted by atomic mass is 10.1. The van der Waals surface area contributed by atoms with Crippen LogP contribution in [0.25, 0.3) is 6.08 Å². The van der Waals surface area contributed by atoms with E-state index in [1.54, 1.807) is 37.2 Å². The number of allylic oxidation sites excluding steroid dienone is 1. The highest BCUT2D eigenvalue weighted by Crippen LogP contribution is 2.09. The topological polar surface area (TPSA) is 86.7 Å². The number of nitrogens with one attached hydrogen (secondary N) is 1. The number of hydrogen-bond acceptors (Lipinski definition) is 3. The number of benzene rings is 1. The number of carboxylic acid groups (broad SMARTS) is 1. The second kappa shape index (κ2) is 9.40. The molecule has 1 aromatic carbocycles. The first-order valence-electron chi connectivity index (χ1n) is 7.37. The molecule has 0 fully saturated rings. The second-order valence-corrected chi connectivity index (χ2v) is 5.28. The summed E-state index contributed by atoms with van der Waals surface area (Å²) in [6, 6.07) is 6.92. The highest BCUT2D eigenvalue weighted by molar-refractivity contribution is 5.96. The Kier molecular flexibility index (Phi) is 7.53. The molecule has 6 heteroatoms. The fourth-order valence-corrected chi connectivity index (χ4v) is 1.86. The molecule has 0 unspecified atom stereocenters. The number of carbonyl (C=O) groups is 3. The number of nitrogens with zero attached hydrogens (tertiary/aromatic N) is 1. The van der Waals surface area contributed by atoms with Crippen molar-refractivity contribution >= 4 is 23.9 Å². The number of unbranched alkanes of at least 4 members (excludes halogenated alkanes) is 1. The molecule has 0 radical (unpaired) electrons. The maximum atomic E-state index is 11.8. The Hall–Kier alpha value is -2.63. The molecule has 0 aliphatic heterocycles. The van der Waals surface area contributed by atoms with Gasteiger partial charge in [0.25, 0.3) is 5.91 Å². The summed E-state index contributed by atoms with van der Waals surface area (Å²) in [5, 5.41) is 10.9. The predicted molar refractivity (Wildman–Crippen MR) is 88.0 cm³/mol. The van der Waals surface area contributed by atoms with Crippen LogP contribution in [0.2, 0.25) is 0 Å². The summed E-state index contributed by atoms with van der Waals surface area (Å²) in [5.41, 5.74) is 1.27. The van der Waals surface area contributed by atoms with Gasteiger partial charge in [0.15, 0.2) is 0 Å². The summed E-state index contributed by atoms with van der Waals surface area (Å²) in [6.07, 6.45) is 5.89. The van der Waals surface area contributed by atoms with E-state index in [1.807, 2.05) is 18.2 Å². The van der Waals surface area contributed by atoms with Gasteiger partial charge in [-0.15, -0.1) is 0 Å². The zero-order valence-electron chi connectivity index (χ0n) is 13.4. The van der Waals surface area contributed by atoms with Crippen LogP contribution in [0.15, 0.2) is 30.3 Å². The molecule has 0 aliphatic rings. The molecule has 0 aliphatic carbocycles. The quantitative estimate of drug-likeness (QED) is 0.715. The standard InChI is InChI=1S/C17H22N2O4/c1-19(2)15(20)10-5-3-4-7-13-8-6-9-14(11-13)17(23)18-12-16(21)22/h4,6-9,11H,3,5,10,12H2,1-2H3,(H,18,23)(H,21,22)/b7-4-. The van der Waals surface area contributed by atoms with Crippen molar-refractivity contribution in [2.24, 2.45) is 0 Å². The Bertz CT molecular complexity index is 594. The van der Waals surface area contributed by atoms with Crippen LogP contribution in [0, 0.1) is 0 Å². The van der Waals surface area contributed by atoms with Crippen LogP contribution in [0.5, 0.6) is 0 Å². The maximum absolute atomic E-state index is 11.8. The van der Waals surface area contributed by atoms with Crippen molar-refractivity contribution in [2.45, 2.75) is 19.3 Å². The van der Waals surface area contributed by atoms with E-state index in [2.05, 4.69) is 5.32 Å². The molecule has 23 heavy (non-hydrogen) atoms. The lowest BCUT2D eigenvalue weighted by Crippen LogP contribution is -2.29. The zero-order chi connectivity index (χ0) is 17.2. The Labute approximate surface area is 135 Å². The predicted octanol–water partition coefficient (Wildman–Crippen LogP) is 1.77.